The van der Waals surface area contributed by atoms with Crippen LogP contribution in [0.5, 0.6) is 0 Å². The van der Waals surface area contributed by atoms with Crippen LogP contribution in [-0.4, -0.2) is 24.1 Å². The Kier molecular flexibility index (Phi) is 4.64. The lowest BCUT2D eigenvalue weighted by molar-refractivity contribution is -0.386. The zero-order chi connectivity index (χ0) is 15.6. The Morgan fingerprint density at radius 3 is 2.25 bits per heavy atom. The van der Waals surface area contributed by atoms with E-state index in [4.69, 9.17) is 0 Å². The highest BCUT2D eigenvalue weighted by molar-refractivity contribution is 5.41. The van der Waals surface area contributed by atoms with E-state index in [-0.39, 0.29) is 5.56 Å². The maximum atomic E-state index is 13.0. The predicted molar refractivity (Wildman–Crippen MR) is 58.5 cm³/mol. The Bertz CT molecular complexity index is 489. The topological polar surface area (TPSA) is 52.4 Å². The summed E-state index contributed by atoms with van der Waals surface area (Å²) < 4.78 is 67.1. The molecular weight excluding hydrogens is 289 g/mol. The SMILES string of the molecule is COC(CC(F)(F)C(F)(F)F)c1ccccc1[N+](=O)[O-]. The third-order valence-electron chi connectivity index (χ3n) is 2.62. The molecule has 20 heavy (non-hydrogen) atoms. The quantitative estimate of drug-likeness (QED) is 0.471. The van der Waals surface area contributed by atoms with Crippen molar-refractivity contribution >= 4 is 5.69 Å². The Labute approximate surface area is 110 Å². The van der Waals surface area contributed by atoms with Gasteiger partial charge in [-0.05, 0) is 6.07 Å². The molecule has 0 bridgehead atoms. The van der Waals surface area contributed by atoms with Crippen LogP contribution in [0.15, 0.2) is 24.3 Å². The first-order valence-electron chi connectivity index (χ1n) is 5.31. The Balaban J connectivity index is 3.13. The number of benzene rings is 1. The van der Waals surface area contributed by atoms with Crippen molar-refractivity contribution in [1.82, 2.24) is 0 Å². The third-order valence-corrected chi connectivity index (χ3v) is 2.62. The molecule has 1 aromatic carbocycles. The normalized spacial score (nSPS) is 14.1. The van der Waals surface area contributed by atoms with Gasteiger partial charge in [-0.15, -0.1) is 0 Å². The van der Waals surface area contributed by atoms with Crippen LogP contribution >= 0.6 is 0 Å². The lowest BCUT2D eigenvalue weighted by Gasteiger charge is -2.24. The third kappa shape index (κ3) is 3.41. The number of rotatable bonds is 5. The summed E-state index contributed by atoms with van der Waals surface area (Å²) >= 11 is 0. The summed E-state index contributed by atoms with van der Waals surface area (Å²) in [4.78, 5) is 9.88. The molecule has 0 aromatic heterocycles. The molecule has 0 radical (unpaired) electrons. The van der Waals surface area contributed by atoms with Gasteiger partial charge in [-0.3, -0.25) is 10.1 Å². The van der Waals surface area contributed by atoms with Crippen molar-refractivity contribution in [2.45, 2.75) is 24.6 Å². The van der Waals surface area contributed by atoms with E-state index in [1.165, 1.54) is 12.1 Å². The number of halogens is 5. The number of nitro benzene ring substituents is 1. The van der Waals surface area contributed by atoms with Gasteiger partial charge in [0.25, 0.3) is 5.69 Å². The largest absolute Gasteiger partial charge is 0.453 e. The van der Waals surface area contributed by atoms with Crippen LogP contribution in [0.25, 0.3) is 0 Å². The predicted octanol–water partition coefficient (Wildman–Crippen LogP) is 3.87. The molecule has 0 N–H and O–H groups in total. The second-order valence-corrected chi connectivity index (χ2v) is 3.95. The lowest BCUT2D eigenvalue weighted by Crippen LogP contribution is -2.38. The van der Waals surface area contributed by atoms with Crippen LogP contribution in [0.3, 0.4) is 0 Å². The van der Waals surface area contributed by atoms with Gasteiger partial charge in [-0.2, -0.15) is 22.0 Å². The molecule has 0 aliphatic rings. The highest BCUT2D eigenvalue weighted by Gasteiger charge is 2.58. The number of hydrogen-bond acceptors (Lipinski definition) is 3. The number of para-hydroxylation sites is 1. The first-order chi connectivity index (χ1) is 9.10. The summed E-state index contributed by atoms with van der Waals surface area (Å²) in [5, 5.41) is 10.7. The van der Waals surface area contributed by atoms with Gasteiger partial charge in [0.15, 0.2) is 0 Å². The second kappa shape index (κ2) is 5.70. The van der Waals surface area contributed by atoms with Gasteiger partial charge in [-0.1, -0.05) is 12.1 Å². The number of methoxy groups -OCH3 is 1. The molecule has 1 aromatic rings. The van der Waals surface area contributed by atoms with E-state index in [0.29, 0.717) is 0 Å². The van der Waals surface area contributed by atoms with E-state index in [0.717, 1.165) is 19.2 Å². The molecule has 4 nitrogen and oxygen atoms in total. The minimum absolute atomic E-state index is 0.330. The average molecular weight is 299 g/mol. The maximum Gasteiger partial charge on any atom is 0.453 e. The van der Waals surface area contributed by atoms with Crippen molar-refractivity contribution in [3.05, 3.63) is 39.9 Å². The van der Waals surface area contributed by atoms with Crippen LogP contribution < -0.4 is 0 Å². The Morgan fingerprint density at radius 1 is 1.25 bits per heavy atom. The van der Waals surface area contributed by atoms with Gasteiger partial charge in [0.1, 0.15) is 0 Å². The molecule has 0 aliphatic heterocycles. The molecule has 0 fully saturated rings. The summed E-state index contributed by atoms with van der Waals surface area (Å²) in [6.45, 7) is 0. The fourth-order valence-corrected chi connectivity index (χ4v) is 1.59. The summed E-state index contributed by atoms with van der Waals surface area (Å²) in [6, 6.07) is 4.65. The lowest BCUT2D eigenvalue weighted by atomic mass is 10.0. The monoisotopic (exact) mass is 299 g/mol. The second-order valence-electron chi connectivity index (χ2n) is 3.95. The molecule has 1 rings (SSSR count). The molecule has 1 atom stereocenters. The van der Waals surface area contributed by atoms with Gasteiger partial charge in [0, 0.05) is 13.2 Å². The van der Waals surface area contributed by atoms with Crippen LogP contribution in [0.4, 0.5) is 27.6 Å². The minimum atomic E-state index is -5.74. The summed E-state index contributed by atoms with van der Waals surface area (Å²) in [7, 11) is 0.911. The number of hydrogen-bond donors (Lipinski definition) is 0. The van der Waals surface area contributed by atoms with Crippen LogP contribution in [0.1, 0.15) is 18.1 Å². The number of nitrogens with zero attached hydrogens (tertiary/aromatic N) is 1. The van der Waals surface area contributed by atoms with Crippen LogP contribution in [0.2, 0.25) is 0 Å². The van der Waals surface area contributed by atoms with Crippen molar-refractivity contribution in [1.29, 1.82) is 0 Å². The molecule has 0 spiro atoms. The van der Waals surface area contributed by atoms with Gasteiger partial charge in [0.2, 0.25) is 0 Å². The van der Waals surface area contributed by atoms with Gasteiger partial charge < -0.3 is 4.74 Å². The number of nitro groups is 1. The van der Waals surface area contributed by atoms with E-state index in [2.05, 4.69) is 4.74 Å². The van der Waals surface area contributed by atoms with Crippen molar-refractivity contribution in [2.24, 2.45) is 0 Å². The highest BCUT2D eigenvalue weighted by Crippen LogP contribution is 2.43. The van der Waals surface area contributed by atoms with E-state index < -0.39 is 35.2 Å². The molecule has 0 heterocycles. The first kappa shape index (κ1) is 16.3. The molecule has 9 heteroatoms. The molecule has 0 amide bonds. The summed E-state index contributed by atoms with van der Waals surface area (Å²) in [5.74, 6) is -5.00. The van der Waals surface area contributed by atoms with Gasteiger partial charge >= 0.3 is 12.1 Å². The average Bonchev–Trinajstić information content (AvgIpc) is 2.34. The van der Waals surface area contributed by atoms with Crippen molar-refractivity contribution in [2.75, 3.05) is 7.11 Å². The van der Waals surface area contributed by atoms with Crippen LogP contribution in [-0.2, 0) is 4.74 Å². The Hall–Kier alpha value is -1.77. The van der Waals surface area contributed by atoms with Crippen LogP contribution in [0, 0.1) is 10.1 Å². The van der Waals surface area contributed by atoms with E-state index in [1.807, 2.05) is 0 Å². The smallest absolute Gasteiger partial charge is 0.376 e. The fourth-order valence-electron chi connectivity index (χ4n) is 1.59. The standard InChI is InChI=1S/C11H10F5NO3/c1-20-9(6-10(12,13)11(14,15)16)7-4-2-3-5-8(7)17(18)19/h2-5,9H,6H2,1H3. The van der Waals surface area contributed by atoms with E-state index in [1.54, 1.807) is 0 Å². The molecule has 112 valence electrons. The zero-order valence-electron chi connectivity index (χ0n) is 10.2. The zero-order valence-corrected chi connectivity index (χ0v) is 10.2. The Morgan fingerprint density at radius 2 is 1.80 bits per heavy atom. The molecule has 0 aliphatic carbocycles. The van der Waals surface area contributed by atoms with Crippen molar-refractivity contribution < 1.29 is 31.6 Å². The van der Waals surface area contributed by atoms with Crippen molar-refractivity contribution in [3.8, 4) is 0 Å². The van der Waals surface area contributed by atoms with Gasteiger partial charge in [-0.25, -0.2) is 0 Å². The number of alkyl halides is 5. The molecular formula is C11H10F5NO3. The summed E-state index contributed by atoms with van der Waals surface area (Å²) in [5.41, 5.74) is -0.902. The highest BCUT2D eigenvalue weighted by atomic mass is 19.4. The summed E-state index contributed by atoms with van der Waals surface area (Å²) in [6.07, 6.45) is -9.21. The fraction of sp³-hybridized carbons (Fsp3) is 0.455. The maximum absolute atomic E-state index is 13.0. The molecule has 0 saturated carbocycles. The minimum Gasteiger partial charge on any atom is -0.376 e. The molecule has 0 saturated heterocycles. The van der Waals surface area contributed by atoms with E-state index in [9.17, 15) is 32.1 Å². The first-order valence-corrected chi connectivity index (χ1v) is 5.31. The van der Waals surface area contributed by atoms with Gasteiger partial charge in [0.05, 0.1) is 23.0 Å². The number of ether oxygens (including phenoxy) is 1. The van der Waals surface area contributed by atoms with Crippen molar-refractivity contribution in [3.63, 3.8) is 0 Å². The van der Waals surface area contributed by atoms with E-state index >= 15 is 0 Å². The molecule has 1 unspecified atom stereocenters.